The van der Waals surface area contributed by atoms with Gasteiger partial charge in [-0.25, -0.2) is 9.67 Å². The molecule has 16 heavy (non-hydrogen) atoms. The molecule has 0 aliphatic carbocycles. The maximum absolute atomic E-state index is 11.1. The molecule has 2 aromatic rings. The maximum Gasteiger partial charge on any atom is 0.248 e. The van der Waals surface area contributed by atoms with Crippen molar-refractivity contribution in [2.75, 3.05) is 0 Å². The molecule has 2 N–H and O–H groups in total. The summed E-state index contributed by atoms with van der Waals surface area (Å²) in [7, 11) is 0. The van der Waals surface area contributed by atoms with Crippen LogP contribution in [0.4, 0.5) is 0 Å². The standard InChI is InChI=1S/C10H9BrN4O/c1-6-2-7(10(12)16)3-9(14-6)15-5-8(11)4-13-15/h2-5H,1H3,(H2,12,16). The van der Waals surface area contributed by atoms with Crippen molar-refractivity contribution in [3.05, 3.63) is 40.3 Å². The maximum atomic E-state index is 11.1. The topological polar surface area (TPSA) is 73.8 Å². The lowest BCUT2D eigenvalue weighted by molar-refractivity contribution is 0.1000. The minimum atomic E-state index is -0.474. The molecule has 0 unspecified atom stereocenters. The number of aromatic nitrogens is 3. The molecule has 0 fully saturated rings. The first-order chi connectivity index (χ1) is 7.56. The van der Waals surface area contributed by atoms with E-state index in [1.165, 1.54) is 0 Å². The highest BCUT2D eigenvalue weighted by Crippen LogP contribution is 2.13. The first-order valence-corrected chi connectivity index (χ1v) is 5.34. The highest BCUT2D eigenvalue weighted by molar-refractivity contribution is 9.10. The Bertz CT molecular complexity index is 550. The van der Waals surface area contributed by atoms with E-state index in [-0.39, 0.29) is 0 Å². The fraction of sp³-hybridized carbons (Fsp3) is 0.100. The summed E-state index contributed by atoms with van der Waals surface area (Å²) in [5.74, 6) is 0.0949. The molecule has 0 aromatic carbocycles. The van der Waals surface area contributed by atoms with Crippen molar-refractivity contribution >= 4 is 21.8 Å². The molecule has 2 aromatic heterocycles. The fourth-order valence-electron chi connectivity index (χ4n) is 1.34. The van der Waals surface area contributed by atoms with Crippen LogP contribution in [0.3, 0.4) is 0 Å². The van der Waals surface area contributed by atoms with Crippen molar-refractivity contribution in [2.24, 2.45) is 5.73 Å². The number of carbonyl (C=O) groups is 1. The lowest BCUT2D eigenvalue weighted by Crippen LogP contribution is -2.13. The van der Waals surface area contributed by atoms with E-state index in [9.17, 15) is 4.79 Å². The SMILES string of the molecule is Cc1cc(C(N)=O)cc(-n2cc(Br)cn2)n1. The smallest absolute Gasteiger partial charge is 0.248 e. The minimum absolute atomic E-state index is 0.425. The molecule has 0 bridgehead atoms. The van der Waals surface area contributed by atoms with Crippen molar-refractivity contribution in [1.29, 1.82) is 0 Å². The average molecular weight is 281 g/mol. The van der Waals surface area contributed by atoms with Gasteiger partial charge in [-0.15, -0.1) is 0 Å². The Morgan fingerprint density at radius 1 is 1.50 bits per heavy atom. The lowest BCUT2D eigenvalue weighted by Gasteiger charge is -2.04. The number of pyridine rings is 1. The number of carbonyl (C=O) groups excluding carboxylic acids is 1. The van der Waals surface area contributed by atoms with Gasteiger partial charge in [0.15, 0.2) is 5.82 Å². The molecular formula is C10H9BrN4O. The lowest BCUT2D eigenvalue weighted by atomic mass is 10.2. The number of nitrogens with two attached hydrogens (primary N) is 1. The monoisotopic (exact) mass is 280 g/mol. The first kappa shape index (κ1) is 10.8. The zero-order valence-electron chi connectivity index (χ0n) is 8.51. The third-order valence-corrected chi connectivity index (χ3v) is 2.42. The number of hydrogen-bond acceptors (Lipinski definition) is 3. The van der Waals surface area contributed by atoms with Crippen LogP contribution in [0.15, 0.2) is 29.0 Å². The van der Waals surface area contributed by atoms with Crippen LogP contribution in [0.5, 0.6) is 0 Å². The van der Waals surface area contributed by atoms with Gasteiger partial charge in [0.25, 0.3) is 0 Å². The molecule has 0 saturated carbocycles. The van der Waals surface area contributed by atoms with E-state index in [1.54, 1.807) is 36.1 Å². The summed E-state index contributed by atoms with van der Waals surface area (Å²) >= 11 is 3.29. The largest absolute Gasteiger partial charge is 0.366 e. The Labute approximate surface area is 100 Å². The number of primary amides is 1. The Balaban J connectivity index is 2.53. The van der Waals surface area contributed by atoms with Gasteiger partial charge in [0, 0.05) is 17.5 Å². The van der Waals surface area contributed by atoms with Gasteiger partial charge in [0.05, 0.1) is 10.7 Å². The second-order valence-electron chi connectivity index (χ2n) is 3.32. The molecule has 6 heteroatoms. The van der Waals surface area contributed by atoms with Crippen LogP contribution in [0.2, 0.25) is 0 Å². The molecule has 0 aliphatic heterocycles. The molecule has 0 spiro atoms. The summed E-state index contributed by atoms with van der Waals surface area (Å²) in [6.45, 7) is 1.80. The summed E-state index contributed by atoms with van der Waals surface area (Å²) in [5, 5.41) is 4.08. The van der Waals surface area contributed by atoms with Crippen molar-refractivity contribution in [3.8, 4) is 5.82 Å². The average Bonchev–Trinajstić information content (AvgIpc) is 2.64. The molecule has 0 aliphatic rings. The molecule has 5 nitrogen and oxygen atoms in total. The second kappa shape index (κ2) is 4.05. The highest BCUT2D eigenvalue weighted by Gasteiger charge is 2.07. The van der Waals surface area contributed by atoms with Crippen LogP contribution in [-0.2, 0) is 0 Å². The molecule has 0 radical (unpaired) electrons. The fourth-order valence-corrected chi connectivity index (χ4v) is 1.62. The Hall–Kier alpha value is -1.69. The van der Waals surface area contributed by atoms with Crippen molar-refractivity contribution in [1.82, 2.24) is 14.8 Å². The molecule has 82 valence electrons. The number of rotatable bonds is 2. The highest BCUT2D eigenvalue weighted by atomic mass is 79.9. The third kappa shape index (κ3) is 2.11. The number of amides is 1. The van der Waals surface area contributed by atoms with Gasteiger partial charge < -0.3 is 5.73 Å². The van der Waals surface area contributed by atoms with Crippen LogP contribution >= 0.6 is 15.9 Å². The number of hydrogen-bond donors (Lipinski definition) is 1. The zero-order chi connectivity index (χ0) is 11.7. The predicted molar refractivity (Wildman–Crippen MR) is 62.3 cm³/mol. The molecular weight excluding hydrogens is 272 g/mol. The van der Waals surface area contributed by atoms with E-state index in [0.29, 0.717) is 11.4 Å². The molecule has 1 amide bonds. The third-order valence-electron chi connectivity index (χ3n) is 2.01. The Morgan fingerprint density at radius 3 is 2.81 bits per heavy atom. The summed E-state index contributed by atoms with van der Waals surface area (Å²) in [4.78, 5) is 15.4. The molecule has 0 saturated heterocycles. The van der Waals surface area contributed by atoms with E-state index in [0.717, 1.165) is 10.2 Å². The van der Waals surface area contributed by atoms with Gasteiger partial charge in [-0.3, -0.25) is 4.79 Å². The van der Waals surface area contributed by atoms with Crippen LogP contribution in [0.25, 0.3) is 5.82 Å². The summed E-state index contributed by atoms with van der Waals surface area (Å²) < 4.78 is 2.42. The van der Waals surface area contributed by atoms with E-state index in [1.807, 2.05) is 0 Å². The number of nitrogens with zero attached hydrogens (tertiary/aromatic N) is 3. The predicted octanol–water partition coefficient (Wildman–Crippen LogP) is 1.44. The zero-order valence-corrected chi connectivity index (χ0v) is 10.1. The quantitative estimate of drug-likeness (QED) is 0.905. The van der Waals surface area contributed by atoms with Gasteiger partial charge in [-0.2, -0.15) is 5.10 Å². The van der Waals surface area contributed by atoms with Crippen LogP contribution in [0, 0.1) is 6.92 Å². The van der Waals surface area contributed by atoms with E-state index < -0.39 is 5.91 Å². The number of aryl methyl sites for hydroxylation is 1. The summed E-state index contributed by atoms with van der Waals surface area (Å²) in [6, 6.07) is 3.25. The summed E-state index contributed by atoms with van der Waals surface area (Å²) in [6.07, 6.45) is 3.40. The normalized spacial score (nSPS) is 10.4. The molecule has 2 rings (SSSR count). The minimum Gasteiger partial charge on any atom is -0.366 e. The van der Waals surface area contributed by atoms with Gasteiger partial charge in [-0.1, -0.05) is 0 Å². The van der Waals surface area contributed by atoms with Crippen molar-refractivity contribution in [2.45, 2.75) is 6.92 Å². The first-order valence-electron chi connectivity index (χ1n) is 4.55. The van der Waals surface area contributed by atoms with E-state index >= 15 is 0 Å². The second-order valence-corrected chi connectivity index (χ2v) is 4.24. The van der Waals surface area contributed by atoms with Crippen LogP contribution < -0.4 is 5.73 Å². The van der Waals surface area contributed by atoms with Crippen molar-refractivity contribution in [3.63, 3.8) is 0 Å². The van der Waals surface area contributed by atoms with Gasteiger partial charge >= 0.3 is 0 Å². The number of halogens is 1. The van der Waals surface area contributed by atoms with E-state index in [2.05, 4.69) is 26.0 Å². The van der Waals surface area contributed by atoms with Crippen molar-refractivity contribution < 1.29 is 4.79 Å². The van der Waals surface area contributed by atoms with Gasteiger partial charge in [0.2, 0.25) is 5.91 Å². The van der Waals surface area contributed by atoms with Gasteiger partial charge in [-0.05, 0) is 35.0 Å². The summed E-state index contributed by atoms with van der Waals surface area (Å²) in [5.41, 5.74) is 6.37. The molecule has 0 atom stereocenters. The van der Waals surface area contributed by atoms with E-state index in [4.69, 9.17) is 5.73 Å². The van der Waals surface area contributed by atoms with Gasteiger partial charge in [0.1, 0.15) is 0 Å². The Morgan fingerprint density at radius 2 is 2.25 bits per heavy atom. The Kier molecular flexibility index (Phi) is 2.74. The van der Waals surface area contributed by atoms with Crippen LogP contribution in [0.1, 0.15) is 16.1 Å². The van der Waals surface area contributed by atoms with Crippen LogP contribution in [-0.4, -0.2) is 20.7 Å². The molecule has 2 heterocycles.